The minimum Gasteiger partial charge on any atom is -0.308 e. The highest BCUT2D eigenvalue weighted by Gasteiger charge is 2.32. The fourth-order valence-corrected chi connectivity index (χ4v) is 7.42. The quantitative estimate of drug-likeness (QED) is 0.188. The van der Waals surface area contributed by atoms with Gasteiger partial charge in [0.25, 0.3) is 0 Å². The van der Waals surface area contributed by atoms with E-state index in [4.69, 9.17) is 0 Å². The summed E-state index contributed by atoms with van der Waals surface area (Å²) in [4.78, 5) is 0. The van der Waals surface area contributed by atoms with Gasteiger partial charge in [0.1, 0.15) is 11.6 Å². The predicted octanol–water partition coefficient (Wildman–Crippen LogP) is 12.0. The summed E-state index contributed by atoms with van der Waals surface area (Å²) >= 11 is 0. The van der Waals surface area contributed by atoms with Crippen LogP contribution in [0.4, 0.5) is 13.2 Å². The number of alkyl halides is 3. The summed E-state index contributed by atoms with van der Waals surface area (Å²) in [6, 6.07) is 35.6. The zero-order valence-electron chi connectivity index (χ0n) is 27.8. The molecule has 6 heteroatoms. The van der Waals surface area contributed by atoms with Gasteiger partial charge >= 0.3 is 6.18 Å². The van der Waals surface area contributed by atoms with Gasteiger partial charge in [-0.3, -0.25) is 0 Å². The molecule has 0 atom stereocenters. The molecule has 0 unspecified atom stereocenters. The van der Waals surface area contributed by atoms with E-state index >= 15 is 0 Å². The maximum atomic E-state index is 14.2. The highest BCUT2D eigenvalue weighted by Crippen LogP contribution is 2.43. The van der Waals surface area contributed by atoms with Gasteiger partial charge in [-0.15, -0.1) is 0 Å². The number of aromatic nitrogens is 2. The Kier molecular flexibility index (Phi) is 6.77. The molecule has 2 heterocycles. The Bertz CT molecular complexity index is 2600. The van der Waals surface area contributed by atoms with Crippen molar-refractivity contribution in [1.82, 2.24) is 9.13 Å². The molecule has 0 aliphatic carbocycles. The zero-order valence-corrected chi connectivity index (χ0v) is 27.8. The second kappa shape index (κ2) is 10.9. The molecule has 3 nitrogen and oxygen atoms in total. The van der Waals surface area contributed by atoms with Gasteiger partial charge in [-0.05, 0) is 110 Å². The molecular weight excluding hydrogens is 615 g/mol. The lowest BCUT2D eigenvalue weighted by Crippen LogP contribution is -2.08. The van der Waals surface area contributed by atoms with Crippen molar-refractivity contribution in [2.45, 2.75) is 40.8 Å². The summed E-state index contributed by atoms with van der Waals surface area (Å²) in [6.45, 7) is 9.81. The number of benzene rings is 6. The topological polar surface area (TPSA) is 33.6 Å². The molecular formula is C43H32F3N3. The monoisotopic (exact) mass is 647 g/mol. The molecule has 0 aliphatic heterocycles. The van der Waals surface area contributed by atoms with Crippen molar-refractivity contribution >= 4 is 43.6 Å². The second-order valence-corrected chi connectivity index (χ2v) is 13.3. The normalized spacial score (nSPS) is 12.1. The molecule has 8 aromatic rings. The molecule has 0 bridgehead atoms. The number of fused-ring (bicyclic) bond motifs is 6. The number of rotatable bonds is 3. The lowest BCUT2D eigenvalue weighted by atomic mass is 9.95. The molecule has 8 rings (SSSR count). The number of hydrogen-bond acceptors (Lipinski definition) is 1. The molecule has 0 amide bonds. The summed E-state index contributed by atoms with van der Waals surface area (Å²) in [6.07, 6.45) is -4.53. The smallest absolute Gasteiger partial charge is 0.308 e. The first-order valence-corrected chi connectivity index (χ1v) is 16.2. The number of halogens is 3. The van der Waals surface area contributed by atoms with E-state index in [1.54, 1.807) is 13.0 Å². The molecule has 2 aromatic heterocycles. The van der Waals surface area contributed by atoms with Crippen LogP contribution >= 0.6 is 0 Å². The maximum absolute atomic E-state index is 14.2. The van der Waals surface area contributed by atoms with Crippen LogP contribution in [0.15, 0.2) is 103 Å². The average molecular weight is 648 g/mol. The summed E-state index contributed by atoms with van der Waals surface area (Å²) < 4.78 is 46.9. The maximum Gasteiger partial charge on any atom is 0.416 e. The van der Waals surface area contributed by atoms with Crippen LogP contribution in [0.2, 0.25) is 0 Å². The van der Waals surface area contributed by atoms with Gasteiger partial charge in [-0.1, -0.05) is 60.7 Å². The van der Waals surface area contributed by atoms with E-state index in [1.165, 1.54) is 12.1 Å². The first-order chi connectivity index (χ1) is 23.4. The third-order valence-corrected chi connectivity index (χ3v) is 9.60. The Morgan fingerprint density at radius 1 is 0.510 bits per heavy atom. The standard InChI is InChI=1S/C43H32F3N3/c1-24-6-10-32-33-11-7-25(2)19-39(33)48(38(32)18-24)37-15-14-31(29-16-28(5)17-30(22-29)43(44,45)46)42(36(37)23-47)49-40-20-26(3)8-12-34(40)35-13-9-27(4)21-41(35)49/h6-22H,1-5H3. The molecule has 0 saturated heterocycles. The average Bonchev–Trinajstić information content (AvgIpc) is 3.53. The van der Waals surface area contributed by atoms with E-state index in [0.717, 1.165) is 65.9 Å². The zero-order chi connectivity index (χ0) is 34.4. The largest absolute Gasteiger partial charge is 0.416 e. The fraction of sp³-hybridized carbons (Fsp3) is 0.140. The Balaban J connectivity index is 1.59. The van der Waals surface area contributed by atoms with Crippen molar-refractivity contribution in [1.29, 1.82) is 5.26 Å². The van der Waals surface area contributed by atoms with E-state index < -0.39 is 11.7 Å². The SMILES string of the molecule is Cc1cc(-c2ccc(-n3c4cc(C)ccc4c4ccc(C)cc43)c(C#N)c2-n2c3cc(C)ccc3c3ccc(C)cc32)cc(C(F)(F)F)c1. The van der Waals surface area contributed by atoms with E-state index in [-0.39, 0.29) is 0 Å². The van der Waals surface area contributed by atoms with Crippen LogP contribution in [-0.2, 0) is 6.18 Å². The second-order valence-electron chi connectivity index (χ2n) is 13.3. The lowest BCUT2D eigenvalue weighted by molar-refractivity contribution is -0.137. The predicted molar refractivity (Wildman–Crippen MR) is 194 cm³/mol. The van der Waals surface area contributed by atoms with Gasteiger partial charge in [-0.2, -0.15) is 18.4 Å². The minimum absolute atomic E-state index is 0.371. The Morgan fingerprint density at radius 2 is 0.959 bits per heavy atom. The van der Waals surface area contributed by atoms with Crippen molar-refractivity contribution in [2.24, 2.45) is 0 Å². The number of hydrogen-bond donors (Lipinski definition) is 0. The Morgan fingerprint density at radius 3 is 1.39 bits per heavy atom. The van der Waals surface area contributed by atoms with Gasteiger partial charge in [-0.25, -0.2) is 0 Å². The van der Waals surface area contributed by atoms with E-state index in [1.807, 2.05) is 39.8 Å². The summed E-state index contributed by atoms with van der Waals surface area (Å²) in [5.74, 6) is 0. The molecule has 0 N–H and O–H groups in total. The summed E-state index contributed by atoms with van der Waals surface area (Å²) in [5.41, 5.74) is 10.2. The molecule has 6 aromatic carbocycles. The van der Waals surface area contributed by atoms with Gasteiger partial charge in [0, 0.05) is 27.1 Å². The molecule has 0 fully saturated rings. The van der Waals surface area contributed by atoms with E-state index in [9.17, 15) is 18.4 Å². The van der Waals surface area contributed by atoms with E-state index in [0.29, 0.717) is 33.6 Å². The van der Waals surface area contributed by atoms with Crippen molar-refractivity contribution in [3.05, 3.63) is 142 Å². The van der Waals surface area contributed by atoms with Crippen molar-refractivity contribution in [3.8, 4) is 28.6 Å². The summed E-state index contributed by atoms with van der Waals surface area (Å²) in [7, 11) is 0. The van der Waals surface area contributed by atoms with Gasteiger partial charge in [0.05, 0.1) is 39.0 Å². The summed E-state index contributed by atoms with van der Waals surface area (Å²) in [5, 5.41) is 15.4. The number of nitrogens with zero attached hydrogens (tertiary/aromatic N) is 3. The first-order valence-electron chi connectivity index (χ1n) is 16.2. The highest BCUT2D eigenvalue weighted by molar-refractivity contribution is 6.12. The fourth-order valence-electron chi connectivity index (χ4n) is 7.42. The Labute approximate surface area is 282 Å². The third-order valence-electron chi connectivity index (χ3n) is 9.60. The van der Waals surface area contributed by atoms with E-state index in [2.05, 4.69) is 88.0 Å². The minimum atomic E-state index is -4.53. The van der Waals surface area contributed by atoms with Crippen LogP contribution < -0.4 is 0 Å². The molecule has 0 aliphatic rings. The van der Waals surface area contributed by atoms with Crippen LogP contribution in [0.25, 0.3) is 66.1 Å². The lowest BCUT2D eigenvalue weighted by Gasteiger charge is -2.21. The Hall–Kier alpha value is -5.80. The molecule has 0 spiro atoms. The van der Waals surface area contributed by atoms with Crippen LogP contribution in [0.5, 0.6) is 0 Å². The first kappa shape index (κ1) is 30.5. The van der Waals surface area contributed by atoms with Crippen molar-refractivity contribution in [3.63, 3.8) is 0 Å². The van der Waals surface area contributed by atoms with Crippen LogP contribution in [-0.4, -0.2) is 9.13 Å². The molecule has 49 heavy (non-hydrogen) atoms. The molecule has 0 saturated carbocycles. The molecule has 240 valence electrons. The number of nitriles is 1. The van der Waals surface area contributed by atoms with Crippen LogP contribution in [0, 0.1) is 45.9 Å². The van der Waals surface area contributed by atoms with Gasteiger partial charge in [0.2, 0.25) is 0 Å². The van der Waals surface area contributed by atoms with Crippen molar-refractivity contribution in [2.75, 3.05) is 0 Å². The number of aryl methyl sites for hydroxylation is 5. The van der Waals surface area contributed by atoms with Gasteiger partial charge < -0.3 is 9.13 Å². The van der Waals surface area contributed by atoms with Crippen molar-refractivity contribution < 1.29 is 13.2 Å². The third kappa shape index (κ3) is 4.80. The highest BCUT2D eigenvalue weighted by atomic mass is 19.4. The van der Waals surface area contributed by atoms with Gasteiger partial charge in [0.15, 0.2) is 0 Å². The molecule has 0 radical (unpaired) electrons. The van der Waals surface area contributed by atoms with Crippen LogP contribution in [0.3, 0.4) is 0 Å². The van der Waals surface area contributed by atoms with Crippen LogP contribution in [0.1, 0.15) is 38.9 Å².